The number of rotatable bonds is 13. The fourth-order valence-electron chi connectivity index (χ4n) is 2.71. The Morgan fingerprint density at radius 1 is 0.789 bits per heavy atom. The van der Waals surface area contributed by atoms with Crippen molar-refractivity contribution >= 4 is 5.78 Å². The van der Waals surface area contributed by atoms with E-state index in [9.17, 15) is 4.79 Å². The van der Waals surface area contributed by atoms with E-state index in [0.29, 0.717) is 12.3 Å². The number of likely N-dealkylation sites (N-methyl/N-ethyl adjacent to an activating group) is 1. The van der Waals surface area contributed by atoms with Gasteiger partial charge in [-0.15, -0.1) is 0 Å². The summed E-state index contributed by atoms with van der Waals surface area (Å²) in [5.74, 6) is 0.303. The largest absolute Gasteiger partial charge is 0.322 e. The molecule has 0 unspecified atom stereocenters. The van der Waals surface area contributed by atoms with E-state index in [1.807, 2.05) is 0 Å². The third-order valence-corrected chi connectivity index (χ3v) is 3.77. The highest BCUT2D eigenvalue weighted by Crippen LogP contribution is 2.11. The molecule has 0 aliphatic carbocycles. The first-order chi connectivity index (χ1) is 8.98. The Morgan fingerprint density at radius 2 is 1.21 bits per heavy atom. The molecule has 0 aliphatic heterocycles. The molecule has 2 heteroatoms. The van der Waals surface area contributed by atoms with Gasteiger partial charge in [-0.2, -0.15) is 0 Å². The fourth-order valence-corrected chi connectivity index (χ4v) is 2.71. The van der Waals surface area contributed by atoms with Crippen molar-refractivity contribution in [3.63, 3.8) is 0 Å². The van der Waals surface area contributed by atoms with Crippen LogP contribution in [0.2, 0.25) is 0 Å². The molecule has 0 saturated carbocycles. The summed E-state index contributed by atoms with van der Waals surface area (Å²) in [6.07, 6.45) is 13.8. The zero-order chi connectivity index (χ0) is 14.6. The minimum Gasteiger partial charge on any atom is -0.322 e. The smallest absolute Gasteiger partial charge is 0.183 e. The van der Waals surface area contributed by atoms with Crippen LogP contribution in [0.3, 0.4) is 0 Å². The second-order valence-electron chi connectivity index (χ2n) is 6.70. The molecule has 0 spiro atoms. The van der Waals surface area contributed by atoms with E-state index in [2.05, 4.69) is 21.0 Å². The van der Waals surface area contributed by atoms with Gasteiger partial charge in [-0.25, -0.2) is 0 Å². The molecule has 0 aromatic heterocycles. The van der Waals surface area contributed by atoms with E-state index in [-0.39, 0.29) is 0 Å². The van der Waals surface area contributed by atoms with E-state index < -0.39 is 0 Å². The van der Waals surface area contributed by atoms with Gasteiger partial charge in [0.05, 0.1) is 20.6 Å². The molecule has 0 aromatic carbocycles. The summed E-state index contributed by atoms with van der Waals surface area (Å²) in [5, 5.41) is 0. The molecule has 0 aromatic rings. The van der Waals surface area contributed by atoms with E-state index in [0.717, 1.165) is 11.0 Å². The molecule has 0 atom stereocenters. The lowest BCUT2D eigenvalue weighted by atomic mass is 10.1. The summed E-state index contributed by atoms with van der Waals surface area (Å²) in [6.45, 7) is 5.78. The lowest BCUT2D eigenvalue weighted by molar-refractivity contribution is -0.882. The van der Waals surface area contributed by atoms with Crippen LogP contribution in [0.15, 0.2) is 0 Å². The van der Waals surface area contributed by atoms with Crippen molar-refractivity contribution in [3.8, 4) is 0 Å². The standard InChI is InChI=1S/C17H36NO/c1-5-6-7-8-9-10-11-12-13-14-15-18(3,4)16-17(2)19/h5-16H2,1-4H3/q+1. The first-order valence-electron chi connectivity index (χ1n) is 8.29. The summed E-state index contributed by atoms with van der Waals surface area (Å²) in [4.78, 5) is 11.1. The maximum absolute atomic E-state index is 11.1. The average molecular weight is 270 g/mol. The number of Topliss-reactive ketones (excluding diaryl/α,β-unsaturated/α-hetero) is 1. The van der Waals surface area contributed by atoms with E-state index in [1.54, 1.807) is 6.92 Å². The minimum absolute atomic E-state index is 0.303. The van der Waals surface area contributed by atoms with Gasteiger partial charge in [-0.3, -0.25) is 4.79 Å². The van der Waals surface area contributed by atoms with Gasteiger partial charge in [0.15, 0.2) is 5.78 Å². The van der Waals surface area contributed by atoms with Crippen LogP contribution in [0.1, 0.15) is 78.1 Å². The monoisotopic (exact) mass is 270 g/mol. The van der Waals surface area contributed by atoms with Crippen LogP contribution in [-0.2, 0) is 4.79 Å². The molecule has 0 fully saturated rings. The first-order valence-corrected chi connectivity index (χ1v) is 8.29. The molecule has 0 N–H and O–H groups in total. The molecule has 114 valence electrons. The lowest BCUT2D eigenvalue weighted by Crippen LogP contribution is -2.43. The van der Waals surface area contributed by atoms with E-state index >= 15 is 0 Å². The summed E-state index contributed by atoms with van der Waals surface area (Å²) < 4.78 is 0.854. The molecule has 0 saturated heterocycles. The van der Waals surface area contributed by atoms with Crippen molar-refractivity contribution in [2.24, 2.45) is 0 Å². The molecule has 0 bridgehead atoms. The number of ketones is 1. The third kappa shape index (κ3) is 13.9. The molecule has 2 nitrogen and oxygen atoms in total. The number of carbonyl (C=O) groups is 1. The Kier molecular flexibility index (Phi) is 11.2. The van der Waals surface area contributed by atoms with Gasteiger partial charge in [0.1, 0.15) is 6.54 Å². The van der Waals surface area contributed by atoms with Crippen molar-refractivity contribution in [2.75, 3.05) is 27.2 Å². The summed E-state index contributed by atoms with van der Waals surface area (Å²) in [7, 11) is 4.32. The second kappa shape index (κ2) is 11.5. The molecule has 0 aliphatic rings. The van der Waals surface area contributed by atoms with E-state index in [1.165, 1.54) is 64.2 Å². The summed E-state index contributed by atoms with van der Waals surface area (Å²) >= 11 is 0. The highest BCUT2D eigenvalue weighted by atomic mass is 16.1. The van der Waals surface area contributed by atoms with Gasteiger partial charge in [0, 0.05) is 6.92 Å². The fraction of sp³-hybridized carbons (Fsp3) is 0.941. The van der Waals surface area contributed by atoms with Gasteiger partial charge in [-0.05, 0) is 12.8 Å². The molecule has 0 rings (SSSR count). The topological polar surface area (TPSA) is 17.1 Å². The van der Waals surface area contributed by atoms with Gasteiger partial charge in [0.2, 0.25) is 0 Å². The van der Waals surface area contributed by atoms with Gasteiger partial charge >= 0.3 is 0 Å². The van der Waals surface area contributed by atoms with Gasteiger partial charge in [0.25, 0.3) is 0 Å². The Labute approximate surface area is 121 Å². The Balaban J connectivity index is 3.28. The van der Waals surface area contributed by atoms with Crippen molar-refractivity contribution in [1.82, 2.24) is 0 Å². The molecule has 0 heterocycles. The van der Waals surface area contributed by atoms with Crippen molar-refractivity contribution < 1.29 is 9.28 Å². The molecular formula is C17H36NO+. The lowest BCUT2D eigenvalue weighted by Gasteiger charge is -2.28. The van der Waals surface area contributed by atoms with Crippen LogP contribution in [0.25, 0.3) is 0 Å². The summed E-state index contributed by atoms with van der Waals surface area (Å²) in [6, 6.07) is 0. The maximum atomic E-state index is 11.1. The number of carbonyl (C=O) groups excluding carboxylic acids is 1. The van der Waals surface area contributed by atoms with Crippen molar-refractivity contribution in [1.29, 1.82) is 0 Å². The van der Waals surface area contributed by atoms with Crippen LogP contribution in [0.4, 0.5) is 0 Å². The number of hydrogen-bond acceptors (Lipinski definition) is 1. The Hall–Kier alpha value is -0.370. The summed E-state index contributed by atoms with van der Waals surface area (Å²) in [5.41, 5.74) is 0. The minimum atomic E-state index is 0.303. The Bertz CT molecular complexity index is 223. The predicted molar refractivity (Wildman–Crippen MR) is 84.4 cm³/mol. The van der Waals surface area contributed by atoms with Crippen molar-refractivity contribution in [2.45, 2.75) is 78.1 Å². The zero-order valence-electron chi connectivity index (χ0n) is 13.8. The highest BCUT2D eigenvalue weighted by Gasteiger charge is 2.16. The van der Waals surface area contributed by atoms with Crippen LogP contribution in [-0.4, -0.2) is 37.5 Å². The van der Waals surface area contributed by atoms with Crippen molar-refractivity contribution in [3.05, 3.63) is 0 Å². The van der Waals surface area contributed by atoms with Crippen LogP contribution in [0.5, 0.6) is 0 Å². The maximum Gasteiger partial charge on any atom is 0.183 e. The van der Waals surface area contributed by atoms with E-state index in [4.69, 9.17) is 0 Å². The SMILES string of the molecule is CCCCCCCCCCCC[N+](C)(C)CC(C)=O. The molecule has 0 radical (unpaired) electrons. The number of quaternary nitrogens is 1. The normalized spacial score (nSPS) is 11.8. The average Bonchev–Trinajstić information content (AvgIpc) is 2.30. The molecular weight excluding hydrogens is 234 g/mol. The zero-order valence-corrected chi connectivity index (χ0v) is 13.8. The predicted octanol–water partition coefficient (Wildman–Crippen LogP) is 4.57. The van der Waals surface area contributed by atoms with Crippen LogP contribution >= 0.6 is 0 Å². The quantitative estimate of drug-likeness (QED) is 0.354. The number of unbranched alkanes of at least 4 members (excludes halogenated alkanes) is 9. The number of nitrogens with zero attached hydrogens (tertiary/aromatic N) is 1. The third-order valence-electron chi connectivity index (χ3n) is 3.77. The van der Waals surface area contributed by atoms with Gasteiger partial charge < -0.3 is 4.48 Å². The first kappa shape index (κ1) is 18.6. The highest BCUT2D eigenvalue weighted by molar-refractivity contribution is 5.76. The van der Waals surface area contributed by atoms with Crippen LogP contribution < -0.4 is 0 Å². The number of hydrogen-bond donors (Lipinski definition) is 0. The van der Waals surface area contributed by atoms with Crippen LogP contribution in [0, 0.1) is 0 Å². The Morgan fingerprint density at radius 3 is 1.63 bits per heavy atom. The van der Waals surface area contributed by atoms with Gasteiger partial charge in [-0.1, -0.05) is 58.3 Å². The molecule has 19 heavy (non-hydrogen) atoms. The second-order valence-corrected chi connectivity index (χ2v) is 6.70. The molecule has 0 amide bonds.